The number of carbonyl (C=O) groups excluding carboxylic acids is 3. The van der Waals surface area contributed by atoms with Crippen LogP contribution < -0.4 is 5.32 Å². The Morgan fingerprint density at radius 3 is 2.04 bits per heavy atom. The number of alkyl carbamates (subject to hydrolysis) is 1. The summed E-state index contributed by atoms with van der Waals surface area (Å²) in [5.41, 5.74) is -2.16. The molecule has 7 nitrogen and oxygen atoms in total. The van der Waals surface area contributed by atoms with Gasteiger partial charge in [-0.25, -0.2) is 4.79 Å². The molecule has 7 heteroatoms. The van der Waals surface area contributed by atoms with Crippen LogP contribution in [-0.2, 0) is 23.8 Å². The van der Waals surface area contributed by atoms with Gasteiger partial charge in [-0.05, 0) is 53.9 Å². The molecule has 1 saturated carbocycles. The van der Waals surface area contributed by atoms with Crippen molar-refractivity contribution >= 4 is 18.0 Å². The average molecular weight is 329 g/mol. The summed E-state index contributed by atoms with van der Waals surface area (Å²) in [6, 6.07) is -0.699. The molecule has 0 aromatic rings. The Hall–Kier alpha value is -1.79. The third kappa shape index (κ3) is 4.59. The lowest BCUT2D eigenvalue weighted by atomic mass is 9.82. The summed E-state index contributed by atoms with van der Waals surface area (Å²) >= 11 is 0. The molecule has 0 aliphatic heterocycles. The molecule has 1 aliphatic carbocycles. The van der Waals surface area contributed by atoms with Crippen molar-refractivity contribution in [3.05, 3.63) is 0 Å². The molecule has 1 unspecified atom stereocenters. The van der Waals surface area contributed by atoms with Gasteiger partial charge in [0, 0.05) is 0 Å². The quantitative estimate of drug-likeness (QED) is 0.472. The number of carbonyl (C=O) groups is 3. The molecule has 23 heavy (non-hydrogen) atoms. The summed E-state index contributed by atoms with van der Waals surface area (Å²) in [6.45, 7) is 8.86. The zero-order chi connectivity index (χ0) is 17.7. The summed E-state index contributed by atoms with van der Waals surface area (Å²) in [6.07, 6.45) is 0.711. The maximum absolute atomic E-state index is 12.4. The Morgan fingerprint density at radius 2 is 1.61 bits per heavy atom. The van der Waals surface area contributed by atoms with Crippen LogP contribution in [-0.4, -0.2) is 42.9 Å². The first kappa shape index (κ1) is 19.3. The number of nitrogens with one attached hydrogen (secondary N) is 1. The highest BCUT2D eigenvalue weighted by Gasteiger charge is 2.58. The predicted octanol–water partition coefficient (Wildman–Crippen LogP) is 2.18. The van der Waals surface area contributed by atoms with E-state index in [9.17, 15) is 14.4 Å². The maximum atomic E-state index is 12.4. The molecule has 0 bridgehead atoms. The Balaban J connectivity index is 3.00. The van der Waals surface area contributed by atoms with Crippen LogP contribution in [0.3, 0.4) is 0 Å². The van der Waals surface area contributed by atoms with Gasteiger partial charge in [0.2, 0.25) is 0 Å². The van der Waals surface area contributed by atoms with Gasteiger partial charge in [0.15, 0.2) is 5.41 Å². The third-order valence-corrected chi connectivity index (χ3v) is 3.63. The molecule has 0 saturated heterocycles. The first-order valence-electron chi connectivity index (χ1n) is 8.01. The minimum absolute atomic E-state index is 0.152. The van der Waals surface area contributed by atoms with Gasteiger partial charge >= 0.3 is 18.0 Å². The van der Waals surface area contributed by atoms with Crippen LogP contribution in [0.15, 0.2) is 0 Å². The fourth-order valence-corrected chi connectivity index (χ4v) is 2.74. The highest BCUT2D eigenvalue weighted by atomic mass is 16.6. The zero-order valence-electron chi connectivity index (χ0n) is 14.6. The molecule has 0 heterocycles. The number of hydrogen-bond donors (Lipinski definition) is 1. The van der Waals surface area contributed by atoms with Crippen molar-refractivity contribution in [3.63, 3.8) is 0 Å². The Labute approximate surface area is 137 Å². The molecule has 1 fully saturated rings. The molecule has 1 aliphatic rings. The van der Waals surface area contributed by atoms with Gasteiger partial charge in [-0.2, -0.15) is 0 Å². The van der Waals surface area contributed by atoms with Crippen LogP contribution in [0.5, 0.6) is 0 Å². The van der Waals surface area contributed by atoms with Gasteiger partial charge < -0.3 is 19.5 Å². The molecule has 0 aromatic heterocycles. The van der Waals surface area contributed by atoms with Gasteiger partial charge in [0.05, 0.1) is 19.3 Å². The monoisotopic (exact) mass is 329 g/mol. The second-order valence-corrected chi connectivity index (χ2v) is 6.50. The Kier molecular flexibility index (Phi) is 6.41. The van der Waals surface area contributed by atoms with Crippen LogP contribution in [0, 0.1) is 5.41 Å². The summed E-state index contributed by atoms with van der Waals surface area (Å²) in [5.74, 6) is -1.31. The maximum Gasteiger partial charge on any atom is 0.407 e. The van der Waals surface area contributed by atoms with Crippen molar-refractivity contribution in [2.45, 2.75) is 65.5 Å². The van der Waals surface area contributed by atoms with E-state index in [1.807, 2.05) is 0 Å². The molecule has 1 rings (SSSR count). The van der Waals surface area contributed by atoms with Gasteiger partial charge in [-0.3, -0.25) is 9.59 Å². The van der Waals surface area contributed by atoms with E-state index in [2.05, 4.69) is 5.32 Å². The zero-order valence-corrected chi connectivity index (χ0v) is 14.6. The molecular weight excluding hydrogens is 302 g/mol. The van der Waals surface area contributed by atoms with Gasteiger partial charge in [-0.15, -0.1) is 0 Å². The van der Waals surface area contributed by atoms with Crippen molar-refractivity contribution in [2.24, 2.45) is 5.41 Å². The van der Waals surface area contributed by atoms with Gasteiger partial charge in [0.1, 0.15) is 5.60 Å². The lowest BCUT2D eigenvalue weighted by molar-refractivity contribution is -0.173. The normalized spacial score (nSPS) is 19.8. The standard InChI is InChI=1S/C16H27NO6/c1-6-21-12(18)16(13(19)22-7-2)10-8-9-11(16)17-14(20)23-15(3,4)5/h11H,6-10H2,1-5H3,(H,17,20). The Bertz CT molecular complexity index is 436. The smallest absolute Gasteiger partial charge is 0.407 e. The van der Waals surface area contributed by atoms with E-state index in [4.69, 9.17) is 14.2 Å². The minimum atomic E-state index is -1.50. The Morgan fingerprint density at radius 1 is 1.09 bits per heavy atom. The van der Waals surface area contributed by atoms with Crippen LogP contribution in [0.25, 0.3) is 0 Å². The molecule has 0 spiro atoms. The largest absolute Gasteiger partial charge is 0.465 e. The molecular formula is C16H27NO6. The second-order valence-electron chi connectivity index (χ2n) is 6.50. The van der Waals surface area contributed by atoms with Crippen molar-refractivity contribution < 1.29 is 28.6 Å². The number of amides is 1. The van der Waals surface area contributed by atoms with Crippen molar-refractivity contribution in [1.82, 2.24) is 5.32 Å². The number of ether oxygens (including phenoxy) is 3. The second kappa shape index (κ2) is 7.66. The van der Waals surface area contributed by atoms with E-state index >= 15 is 0 Å². The lowest BCUT2D eigenvalue weighted by Crippen LogP contribution is -2.55. The molecule has 132 valence electrons. The predicted molar refractivity (Wildman–Crippen MR) is 82.7 cm³/mol. The molecule has 1 atom stereocenters. The first-order valence-corrected chi connectivity index (χ1v) is 8.01. The van der Waals surface area contributed by atoms with Gasteiger partial charge in [-0.1, -0.05) is 0 Å². The third-order valence-electron chi connectivity index (χ3n) is 3.63. The number of hydrogen-bond acceptors (Lipinski definition) is 6. The summed E-state index contributed by atoms with van der Waals surface area (Å²) in [5, 5.41) is 2.64. The van der Waals surface area contributed by atoms with Crippen molar-refractivity contribution in [3.8, 4) is 0 Å². The molecule has 0 radical (unpaired) electrons. The lowest BCUT2D eigenvalue weighted by Gasteiger charge is -2.31. The topological polar surface area (TPSA) is 90.9 Å². The van der Waals surface area contributed by atoms with Crippen LogP contribution >= 0.6 is 0 Å². The van der Waals surface area contributed by atoms with Crippen LogP contribution in [0.2, 0.25) is 0 Å². The van der Waals surface area contributed by atoms with Crippen LogP contribution in [0.1, 0.15) is 53.9 Å². The van der Waals surface area contributed by atoms with E-state index in [1.165, 1.54) is 0 Å². The molecule has 1 amide bonds. The van der Waals surface area contributed by atoms with E-state index < -0.39 is 35.1 Å². The highest BCUT2D eigenvalue weighted by molar-refractivity contribution is 6.01. The van der Waals surface area contributed by atoms with E-state index in [1.54, 1.807) is 34.6 Å². The fourth-order valence-electron chi connectivity index (χ4n) is 2.74. The van der Waals surface area contributed by atoms with E-state index in [0.717, 1.165) is 0 Å². The first-order chi connectivity index (χ1) is 10.7. The summed E-state index contributed by atoms with van der Waals surface area (Å²) in [4.78, 5) is 36.9. The fraction of sp³-hybridized carbons (Fsp3) is 0.812. The number of esters is 2. The van der Waals surface area contributed by atoms with E-state index in [-0.39, 0.29) is 19.6 Å². The van der Waals surface area contributed by atoms with Gasteiger partial charge in [0.25, 0.3) is 0 Å². The highest BCUT2D eigenvalue weighted by Crippen LogP contribution is 2.41. The van der Waals surface area contributed by atoms with Crippen molar-refractivity contribution in [2.75, 3.05) is 13.2 Å². The molecule has 0 aromatic carbocycles. The average Bonchev–Trinajstić information content (AvgIpc) is 2.81. The molecule has 1 N–H and O–H groups in total. The number of rotatable bonds is 5. The van der Waals surface area contributed by atoms with E-state index in [0.29, 0.717) is 12.8 Å². The summed E-state index contributed by atoms with van der Waals surface area (Å²) in [7, 11) is 0. The SMILES string of the molecule is CCOC(=O)C1(C(=O)OCC)CCCC1NC(=O)OC(C)(C)C. The van der Waals surface area contributed by atoms with Crippen molar-refractivity contribution in [1.29, 1.82) is 0 Å². The minimum Gasteiger partial charge on any atom is -0.465 e. The van der Waals surface area contributed by atoms with Crippen LogP contribution in [0.4, 0.5) is 4.79 Å². The summed E-state index contributed by atoms with van der Waals surface area (Å²) < 4.78 is 15.4.